The number of carbonyl (C=O) groups excluding carboxylic acids is 1. The molecule has 0 saturated carbocycles. The monoisotopic (exact) mass is 401 g/mol. The highest BCUT2D eigenvalue weighted by Crippen LogP contribution is 2.26. The van der Waals surface area contributed by atoms with Crippen LogP contribution in [0.4, 0.5) is 4.39 Å². The quantitative estimate of drug-likeness (QED) is 0.670. The van der Waals surface area contributed by atoms with Crippen molar-refractivity contribution in [2.75, 3.05) is 0 Å². The number of ether oxygens (including phenoxy) is 1. The van der Waals surface area contributed by atoms with Gasteiger partial charge in [-0.2, -0.15) is 0 Å². The molecule has 7 heteroatoms. The van der Waals surface area contributed by atoms with E-state index in [1.807, 2.05) is 0 Å². The molecule has 3 rings (SSSR count). The van der Waals surface area contributed by atoms with Crippen molar-refractivity contribution in [3.63, 3.8) is 0 Å². The minimum absolute atomic E-state index is 0.326. The summed E-state index contributed by atoms with van der Waals surface area (Å²) in [6.07, 6.45) is 3.34. The first-order valence-electron chi connectivity index (χ1n) is 8.75. The van der Waals surface area contributed by atoms with Gasteiger partial charge < -0.3 is 14.6 Å². The molecule has 0 aliphatic heterocycles. The number of nitrogens with one attached hydrogen (secondary N) is 1. The Morgan fingerprint density at radius 3 is 2.50 bits per heavy atom. The molecule has 0 fully saturated rings. The number of rotatable bonds is 6. The van der Waals surface area contributed by atoms with Crippen LogP contribution < -0.4 is 10.1 Å². The van der Waals surface area contributed by atoms with E-state index in [4.69, 9.17) is 16.3 Å². The molecule has 146 valence electrons. The van der Waals surface area contributed by atoms with Crippen molar-refractivity contribution in [2.24, 2.45) is 7.05 Å². The van der Waals surface area contributed by atoms with Gasteiger partial charge in [-0.25, -0.2) is 9.37 Å². The molecule has 0 bridgehead atoms. The van der Waals surface area contributed by atoms with Gasteiger partial charge in [-0.05, 0) is 44.2 Å². The lowest BCUT2D eigenvalue weighted by Gasteiger charge is -2.28. The summed E-state index contributed by atoms with van der Waals surface area (Å²) in [4.78, 5) is 17.3. The number of imidazole rings is 1. The van der Waals surface area contributed by atoms with Gasteiger partial charge in [0.15, 0.2) is 5.60 Å². The molecular formula is C21H21ClFN3O2. The van der Waals surface area contributed by atoms with Crippen LogP contribution in [0.5, 0.6) is 5.75 Å². The van der Waals surface area contributed by atoms with Crippen LogP contribution in [0.3, 0.4) is 0 Å². The number of benzene rings is 2. The molecule has 0 unspecified atom stereocenters. The molecule has 0 radical (unpaired) electrons. The predicted molar refractivity (Wildman–Crippen MR) is 106 cm³/mol. The maximum absolute atomic E-state index is 14.5. The Kier molecular flexibility index (Phi) is 5.70. The Hall–Kier alpha value is -2.86. The van der Waals surface area contributed by atoms with Crippen molar-refractivity contribution >= 4 is 17.5 Å². The van der Waals surface area contributed by atoms with Gasteiger partial charge in [0, 0.05) is 30.0 Å². The number of aryl methyl sites for hydroxylation is 1. The molecule has 1 N–H and O–H groups in total. The summed E-state index contributed by atoms with van der Waals surface area (Å²) < 4.78 is 22.0. The highest BCUT2D eigenvalue weighted by Gasteiger charge is 2.34. The van der Waals surface area contributed by atoms with Gasteiger partial charge in [0.25, 0.3) is 5.91 Å². The van der Waals surface area contributed by atoms with E-state index in [0.717, 1.165) is 0 Å². The third kappa shape index (κ3) is 4.34. The van der Waals surface area contributed by atoms with Gasteiger partial charge in [0.05, 0.1) is 0 Å². The van der Waals surface area contributed by atoms with Crippen LogP contribution in [0.2, 0.25) is 5.02 Å². The molecule has 1 atom stereocenters. The van der Waals surface area contributed by atoms with Crippen LogP contribution in [-0.2, 0) is 11.8 Å². The van der Waals surface area contributed by atoms with Gasteiger partial charge >= 0.3 is 0 Å². The Bertz CT molecular complexity index is 970. The molecule has 1 aromatic heterocycles. The summed E-state index contributed by atoms with van der Waals surface area (Å²) in [6.45, 7) is 3.29. The molecule has 0 spiro atoms. The number of carbonyl (C=O) groups is 1. The van der Waals surface area contributed by atoms with Crippen molar-refractivity contribution in [3.05, 3.63) is 83.2 Å². The van der Waals surface area contributed by atoms with Crippen LogP contribution >= 0.6 is 11.6 Å². The molecule has 1 amide bonds. The van der Waals surface area contributed by atoms with Crippen LogP contribution in [0.25, 0.3) is 0 Å². The van der Waals surface area contributed by atoms with E-state index < -0.39 is 23.4 Å². The van der Waals surface area contributed by atoms with Gasteiger partial charge in [-0.1, -0.05) is 29.8 Å². The van der Waals surface area contributed by atoms with Crippen LogP contribution in [0.15, 0.2) is 60.9 Å². The summed E-state index contributed by atoms with van der Waals surface area (Å²) in [5.41, 5.74) is -0.880. The molecule has 3 aromatic rings. The second-order valence-electron chi connectivity index (χ2n) is 6.89. The molecular weight excluding hydrogens is 381 g/mol. The van der Waals surface area contributed by atoms with E-state index in [0.29, 0.717) is 22.2 Å². The molecule has 1 heterocycles. The fraction of sp³-hybridized carbons (Fsp3) is 0.238. The lowest BCUT2D eigenvalue weighted by atomic mass is 10.0. The topological polar surface area (TPSA) is 56.2 Å². The van der Waals surface area contributed by atoms with E-state index in [1.54, 1.807) is 80.3 Å². The number of amides is 1. The summed E-state index contributed by atoms with van der Waals surface area (Å²) in [5.74, 6) is 0.190. The maximum atomic E-state index is 14.5. The summed E-state index contributed by atoms with van der Waals surface area (Å²) >= 11 is 5.89. The Morgan fingerprint density at radius 1 is 1.21 bits per heavy atom. The van der Waals surface area contributed by atoms with Crippen LogP contribution in [0, 0.1) is 5.82 Å². The van der Waals surface area contributed by atoms with E-state index in [-0.39, 0.29) is 0 Å². The average molecular weight is 402 g/mol. The summed E-state index contributed by atoms with van der Waals surface area (Å²) in [7, 11) is 1.79. The number of hydrogen-bond acceptors (Lipinski definition) is 3. The number of nitrogens with zero attached hydrogens (tertiary/aromatic N) is 2. The standard InChI is InChI=1S/C21H21ClFN3O2/c1-21(2,28-15-10-8-14(22)9-11-15)20(27)25-18(19-24-12-13-26(19)3)16-6-4-5-7-17(16)23/h4-13,18H,1-3H3,(H,25,27)/t18-/m1/s1. The van der Waals surface area contributed by atoms with Crippen molar-refractivity contribution in [2.45, 2.75) is 25.5 Å². The zero-order valence-corrected chi connectivity index (χ0v) is 16.6. The van der Waals surface area contributed by atoms with Crippen LogP contribution in [0.1, 0.15) is 31.3 Å². The molecule has 0 aliphatic carbocycles. The van der Waals surface area contributed by atoms with Gasteiger partial charge in [-0.15, -0.1) is 0 Å². The lowest BCUT2D eigenvalue weighted by Crippen LogP contribution is -2.48. The number of halogens is 2. The second kappa shape index (κ2) is 8.02. The minimum atomic E-state index is -1.21. The zero-order chi connectivity index (χ0) is 20.3. The van der Waals surface area contributed by atoms with Crippen molar-refractivity contribution in [3.8, 4) is 5.75 Å². The van der Waals surface area contributed by atoms with E-state index >= 15 is 0 Å². The Labute approximate surface area is 168 Å². The number of hydrogen-bond donors (Lipinski definition) is 1. The van der Waals surface area contributed by atoms with Crippen LogP contribution in [-0.4, -0.2) is 21.1 Å². The highest BCUT2D eigenvalue weighted by atomic mass is 35.5. The van der Waals surface area contributed by atoms with Gasteiger partial charge in [0.2, 0.25) is 0 Å². The van der Waals surface area contributed by atoms with E-state index in [1.165, 1.54) is 6.07 Å². The lowest BCUT2D eigenvalue weighted by molar-refractivity contribution is -0.134. The largest absolute Gasteiger partial charge is 0.478 e. The second-order valence-corrected chi connectivity index (χ2v) is 7.33. The number of aromatic nitrogens is 2. The fourth-order valence-electron chi connectivity index (χ4n) is 2.79. The highest BCUT2D eigenvalue weighted by molar-refractivity contribution is 6.30. The van der Waals surface area contributed by atoms with Gasteiger partial charge in [-0.3, -0.25) is 4.79 Å². The van der Waals surface area contributed by atoms with Gasteiger partial charge in [0.1, 0.15) is 23.4 Å². The summed E-state index contributed by atoms with van der Waals surface area (Å²) in [5, 5.41) is 3.45. The van der Waals surface area contributed by atoms with Crippen molar-refractivity contribution in [1.29, 1.82) is 0 Å². The Morgan fingerprint density at radius 2 is 1.89 bits per heavy atom. The Balaban J connectivity index is 1.87. The summed E-state index contributed by atoms with van der Waals surface area (Å²) in [6, 6.07) is 12.3. The normalized spacial score (nSPS) is 12.5. The first-order valence-corrected chi connectivity index (χ1v) is 9.13. The molecule has 0 saturated heterocycles. The smallest absolute Gasteiger partial charge is 0.264 e. The van der Waals surface area contributed by atoms with Crippen molar-refractivity contribution < 1.29 is 13.9 Å². The predicted octanol–water partition coefficient (Wildman–Crippen LogP) is 4.28. The molecule has 0 aliphatic rings. The molecule has 5 nitrogen and oxygen atoms in total. The third-order valence-electron chi connectivity index (χ3n) is 4.34. The third-order valence-corrected chi connectivity index (χ3v) is 4.59. The molecule has 2 aromatic carbocycles. The first kappa shape index (κ1) is 19.9. The average Bonchev–Trinajstić information content (AvgIpc) is 3.07. The first-order chi connectivity index (χ1) is 13.3. The SMILES string of the molecule is Cn1ccnc1[C@H](NC(=O)C(C)(C)Oc1ccc(Cl)cc1)c1ccccc1F. The fourth-order valence-corrected chi connectivity index (χ4v) is 2.92. The van der Waals surface area contributed by atoms with E-state index in [2.05, 4.69) is 10.3 Å². The minimum Gasteiger partial charge on any atom is -0.478 e. The zero-order valence-electron chi connectivity index (χ0n) is 15.8. The molecule has 28 heavy (non-hydrogen) atoms. The van der Waals surface area contributed by atoms with E-state index in [9.17, 15) is 9.18 Å². The maximum Gasteiger partial charge on any atom is 0.264 e. The van der Waals surface area contributed by atoms with Crippen molar-refractivity contribution in [1.82, 2.24) is 14.9 Å².